The van der Waals surface area contributed by atoms with Crippen LogP contribution in [-0.4, -0.2) is 93.0 Å². The second-order valence-corrected chi connectivity index (χ2v) is 11.8. The molecule has 2 bridgehead atoms. The standard InChI is InChI=1S/C34H49N5O9/c1-8-12-37-34(45)38-14-13-36-28-23-15-19(2)16-27(47-7)29(41)21(4)17-22(5)31(48-33(35)44)26(46-6)11-9-10-20(3)32(43)39-24(30(23)42)18-25(28)40/h8-11,17-19,21,26-27,29,31,36,41H,1,12-16H2,2-7H3,(H2,35,44)(H,39,43)(H2,37,38,45)/b11-9-,20-10+,22-17+/t19-,21+,26+,27+,29-,31+/m1/s1. The number of Topliss-reactive ketones (excluding diaryl/α,β-unsaturated/α-hetero) is 1. The summed E-state index contributed by atoms with van der Waals surface area (Å²) in [5.41, 5.74) is 6.16. The number of carbonyl (C=O) groups excluding carboxylic acids is 5. The number of amides is 4. The zero-order valence-corrected chi connectivity index (χ0v) is 28.5. The molecule has 2 aliphatic rings. The van der Waals surface area contributed by atoms with Crippen LogP contribution in [0.1, 0.15) is 40.5 Å². The first-order valence-electron chi connectivity index (χ1n) is 15.7. The minimum absolute atomic E-state index is 0.0618. The van der Waals surface area contributed by atoms with Gasteiger partial charge < -0.3 is 46.3 Å². The Morgan fingerprint density at radius 3 is 2.46 bits per heavy atom. The zero-order chi connectivity index (χ0) is 36.0. The van der Waals surface area contributed by atoms with Gasteiger partial charge in [0.25, 0.3) is 5.91 Å². The van der Waals surface area contributed by atoms with Crippen molar-refractivity contribution < 1.29 is 43.3 Å². The van der Waals surface area contributed by atoms with Gasteiger partial charge in [-0.1, -0.05) is 44.2 Å². The number of fused-ring (bicyclic) bond motifs is 2. The maximum absolute atomic E-state index is 13.8. The quantitative estimate of drug-likeness (QED) is 0.119. The lowest BCUT2D eigenvalue weighted by Crippen LogP contribution is -2.41. The molecule has 14 nitrogen and oxygen atoms in total. The lowest BCUT2D eigenvalue weighted by molar-refractivity contribution is -0.120. The summed E-state index contributed by atoms with van der Waals surface area (Å²) in [6.07, 6.45) is 4.90. The number of carbonyl (C=O) groups is 5. The minimum Gasteiger partial charge on any atom is -0.439 e. The molecule has 14 heteroatoms. The van der Waals surface area contributed by atoms with Gasteiger partial charge in [-0.2, -0.15) is 0 Å². The number of primary amides is 1. The van der Waals surface area contributed by atoms with Gasteiger partial charge in [-0.05, 0) is 38.2 Å². The third kappa shape index (κ3) is 11.6. The highest BCUT2D eigenvalue weighted by Gasteiger charge is 2.33. The first-order chi connectivity index (χ1) is 22.7. The molecule has 0 spiro atoms. The van der Waals surface area contributed by atoms with Crippen LogP contribution in [-0.2, 0) is 28.6 Å². The summed E-state index contributed by atoms with van der Waals surface area (Å²) in [7, 11) is 2.89. The summed E-state index contributed by atoms with van der Waals surface area (Å²) in [4.78, 5) is 63.9. The maximum Gasteiger partial charge on any atom is 0.405 e. The van der Waals surface area contributed by atoms with Crippen molar-refractivity contribution in [2.24, 2.45) is 17.6 Å². The van der Waals surface area contributed by atoms with Crippen molar-refractivity contribution in [2.75, 3.05) is 33.9 Å². The summed E-state index contributed by atoms with van der Waals surface area (Å²) in [6, 6.07) is -0.416. The fraction of sp³-hybridized carbons (Fsp3) is 0.500. The van der Waals surface area contributed by atoms with Crippen LogP contribution in [0.15, 0.2) is 71.1 Å². The molecule has 0 aromatic heterocycles. The van der Waals surface area contributed by atoms with E-state index >= 15 is 0 Å². The van der Waals surface area contributed by atoms with Gasteiger partial charge in [0.15, 0.2) is 6.10 Å². The number of aliphatic hydroxyl groups excluding tert-OH is 1. The third-order valence-corrected chi connectivity index (χ3v) is 7.91. The van der Waals surface area contributed by atoms with Crippen LogP contribution in [0.2, 0.25) is 0 Å². The van der Waals surface area contributed by atoms with Crippen molar-refractivity contribution in [1.82, 2.24) is 21.3 Å². The average Bonchev–Trinajstić information content (AvgIpc) is 3.04. The Morgan fingerprint density at radius 2 is 1.83 bits per heavy atom. The van der Waals surface area contributed by atoms with Gasteiger partial charge in [0, 0.05) is 57.0 Å². The second-order valence-electron chi connectivity index (χ2n) is 11.8. The van der Waals surface area contributed by atoms with E-state index in [9.17, 15) is 29.1 Å². The highest BCUT2D eigenvalue weighted by molar-refractivity contribution is 6.23. The fourth-order valence-corrected chi connectivity index (χ4v) is 5.37. The van der Waals surface area contributed by atoms with E-state index < -0.39 is 59.9 Å². The Labute approximate surface area is 281 Å². The minimum atomic E-state index is -1.02. The summed E-state index contributed by atoms with van der Waals surface area (Å²) in [5.74, 6) is -2.43. The molecule has 264 valence electrons. The molecule has 0 radical (unpaired) electrons. The van der Waals surface area contributed by atoms with Crippen molar-refractivity contribution in [1.29, 1.82) is 0 Å². The Bertz CT molecular complexity index is 1380. The van der Waals surface area contributed by atoms with E-state index in [1.807, 2.05) is 6.92 Å². The maximum atomic E-state index is 13.8. The van der Waals surface area contributed by atoms with E-state index in [2.05, 4.69) is 27.8 Å². The number of allylic oxidation sites excluding steroid dienone is 4. The Hall–Kier alpha value is -4.53. The number of methoxy groups -OCH3 is 2. The molecule has 7 N–H and O–H groups in total. The molecule has 0 fully saturated rings. The SMILES string of the molecule is C=CCNC(=O)NCCNC1=C2C[C@@H](C)C[C@H](OC)[C@H](O)[C@@H](C)/C=C(\C)[C@H](OC(N)=O)[C@@H](OC)/C=C\C=C(/C)C(=O)NC(=CC1=O)C2=O. The predicted molar refractivity (Wildman–Crippen MR) is 179 cm³/mol. The monoisotopic (exact) mass is 671 g/mol. The van der Waals surface area contributed by atoms with Gasteiger partial charge in [0.2, 0.25) is 11.6 Å². The molecule has 0 saturated carbocycles. The van der Waals surface area contributed by atoms with E-state index in [0.29, 0.717) is 12.0 Å². The first-order valence-corrected chi connectivity index (χ1v) is 15.7. The smallest absolute Gasteiger partial charge is 0.405 e. The Balaban J connectivity index is 2.52. The molecule has 6 atom stereocenters. The van der Waals surface area contributed by atoms with E-state index in [1.165, 1.54) is 39.4 Å². The average molecular weight is 672 g/mol. The van der Waals surface area contributed by atoms with Gasteiger partial charge in [0.1, 0.15) is 6.10 Å². The van der Waals surface area contributed by atoms with Gasteiger partial charge in [-0.3, -0.25) is 14.4 Å². The number of urea groups is 1. The van der Waals surface area contributed by atoms with Gasteiger partial charge in [0.05, 0.1) is 23.6 Å². The molecule has 1 aliphatic carbocycles. The number of nitrogens with two attached hydrogens (primary N) is 1. The first kappa shape index (κ1) is 39.6. The normalized spacial score (nSPS) is 28.9. The van der Waals surface area contributed by atoms with E-state index in [4.69, 9.17) is 19.9 Å². The van der Waals surface area contributed by atoms with Crippen LogP contribution < -0.4 is 27.0 Å². The number of nitrogens with one attached hydrogen (secondary N) is 4. The van der Waals surface area contributed by atoms with Crippen LogP contribution in [0.25, 0.3) is 0 Å². The molecule has 4 amide bonds. The highest BCUT2D eigenvalue weighted by Crippen LogP contribution is 2.28. The zero-order valence-electron chi connectivity index (χ0n) is 28.5. The molecule has 1 aliphatic heterocycles. The van der Waals surface area contributed by atoms with Crippen LogP contribution in [0.3, 0.4) is 0 Å². The Morgan fingerprint density at radius 1 is 1.12 bits per heavy atom. The third-order valence-electron chi connectivity index (χ3n) is 7.91. The predicted octanol–water partition coefficient (Wildman–Crippen LogP) is 1.84. The van der Waals surface area contributed by atoms with E-state index in [0.717, 1.165) is 6.08 Å². The molecule has 0 aromatic rings. The summed E-state index contributed by atoms with van der Waals surface area (Å²) >= 11 is 0. The molecule has 1 heterocycles. The highest BCUT2D eigenvalue weighted by atomic mass is 16.6. The van der Waals surface area contributed by atoms with Gasteiger partial charge in [-0.25, -0.2) is 9.59 Å². The van der Waals surface area contributed by atoms with Crippen LogP contribution in [0.4, 0.5) is 9.59 Å². The van der Waals surface area contributed by atoms with Crippen molar-refractivity contribution >= 4 is 29.6 Å². The van der Waals surface area contributed by atoms with Crippen LogP contribution >= 0.6 is 0 Å². The lowest BCUT2D eigenvalue weighted by atomic mass is 9.85. The topological polar surface area (TPSA) is 207 Å². The van der Waals surface area contributed by atoms with E-state index in [-0.39, 0.29) is 54.5 Å². The van der Waals surface area contributed by atoms with E-state index in [1.54, 1.807) is 26.0 Å². The molecule has 0 saturated heterocycles. The largest absolute Gasteiger partial charge is 0.439 e. The second kappa shape index (κ2) is 19.3. The number of hydrogen-bond acceptors (Lipinski definition) is 10. The molecular formula is C34H49N5O9. The fourth-order valence-electron chi connectivity index (χ4n) is 5.37. The lowest BCUT2D eigenvalue weighted by Gasteiger charge is -2.30. The van der Waals surface area contributed by atoms with Gasteiger partial charge >= 0.3 is 12.1 Å². The van der Waals surface area contributed by atoms with Crippen molar-refractivity contribution in [3.8, 4) is 0 Å². The summed E-state index contributed by atoms with van der Waals surface area (Å²) in [5, 5.41) is 22.1. The van der Waals surface area contributed by atoms with Crippen molar-refractivity contribution in [3.63, 3.8) is 0 Å². The van der Waals surface area contributed by atoms with Crippen LogP contribution in [0.5, 0.6) is 0 Å². The number of aliphatic hydroxyl groups is 1. The number of rotatable bonds is 9. The molecular weight excluding hydrogens is 622 g/mol. The van der Waals surface area contributed by atoms with Crippen molar-refractivity contribution in [2.45, 2.75) is 65.0 Å². The van der Waals surface area contributed by atoms with Crippen LogP contribution in [0, 0.1) is 11.8 Å². The van der Waals surface area contributed by atoms with Crippen molar-refractivity contribution in [3.05, 3.63) is 71.1 Å². The molecule has 48 heavy (non-hydrogen) atoms. The number of ketones is 2. The molecule has 0 unspecified atom stereocenters. The molecule has 2 rings (SSSR count). The summed E-state index contributed by atoms with van der Waals surface area (Å²) in [6.45, 7) is 11.0. The number of ether oxygens (including phenoxy) is 3. The number of hydrogen-bond donors (Lipinski definition) is 6. The summed E-state index contributed by atoms with van der Waals surface area (Å²) < 4.78 is 16.6. The Kier molecular flexibility index (Phi) is 16.0. The molecule has 0 aromatic carbocycles. The van der Waals surface area contributed by atoms with Gasteiger partial charge in [-0.15, -0.1) is 6.58 Å².